The standard InChI is InChI=1S/C32H42O10/c1-6-31(2,3)30(35)41-18-17-40-28(33)23-9-12-25(13-10-23)42-29(34)24-11-14-26(27(19-24)36-5)39-16-8-7-15-37-20-32(4)21-38-22-32/h9-14,19H,6-8,15-18,20-22H2,1-5H3. The molecule has 2 aromatic rings. The number of esters is 3. The molecule has 10 nitrogen and oxygen atoms in total. The highest BCUT2D eigenvalue weighted by Gasteiger charge is 2.33. The second-order valence-electron chi connectivity index (χ2n) is 11.2. The zero-order valence-electron chi connectivity index (χ0n) is 25.2. The van der Waals surface area contributed by atoms with E-state index in [1.54, 1.807) is 32.0 Å². The lowest BCUT2D eigenvalue weighted by Gasteiger charge is -2.37. The molecular formula is C32H42O10. The Balaban J connectivity index is 1.40. The molecule has 0 aliphatic carbocycles. The van der Waals surface area contributed by atoms with Gasteiger partial charge in [-0.25, -0.2) is 9.59 Å². The number of benzene rings is 2. The number of hydrogen-bond acceptors (Lipinski definition) is 10. The van der Waals surface area contributed by atoms with Crippen LogP contribution in [0.1, 0.15) is 67.7 Å². The lowest BCUT2D eigenvalue weighted by atomic mass is 9.90. The van der Waals surface area contributed by atoms with Crippen LogP contribution in [-0.4, -0.2) is 71.3 Å². The van der Waals surface area contributed by atoms with E-state index in [4.69, 9.17) is 33.2 Å². The van der Waals surface area contributed by atoms with Crippen molar-refractivity contribution in [1.29, 1.82) is 0 Å². The van der Waals surface area contributed by atoms with E-state index in [0.29, 0.717) is 37.7 Å². The maximum absolute atomic E-state index is 12.7. The minimum Gasteiger partial charge on any atom is -0.493 e. The fourth-order valence-electron chi connectivity index (χ4n) is 3.77. The first kappa shape index (κ1) is 32.9. The maximum Gasteiger partial charge on any atom is 0.343 e. The number of unbranched alkanes of at least 4 members (excludes halogenated alkanes) is 1. The number of methoxy groups -OCH3 is 1. The average molecular weight is 587 g/mol. The van der Waals surface area contributed by atoms with E-state index in [0.717, 1.165) is 26.1 Å². The molecule has 0 saturated carbocycles. The van der Waals surface area contributed by atoms with Crippen LogP contribution in [0.25, 0.3) is 0 Å². The summed E-state index contributed by atoms with van der Waals surface area (Å²) < 4.78 is 38.0. The maximum atomic E-state index is 12.7. The van der Waals surface area contributed by atoms with Crippen molar-refractivity contribution in [2.75, 3.05) is 53.4 Å². The predicted molar refractivity (Wildman–Crippen MR) is 154 cm³/mol. The molecular weight excluding hydrogens is 544 g/mol. The summed E-state index contributed by atoms with van der Waals surface area (Å²) in [6.45, 7) is 10.9. The Morgan fingerprint density at radius 3 is 2.17 bits per heavy atom. The first-order valence-electron chi connectivity index (χ1n) is 14.2. The van der Waals surface area contributed by atoms with Crippen LogP contribution in [-0.2, 0) is 23.7 Å². The molecule has 42 heavy (non-hydrogen) atoms. The molecule has 0 atom stereocenters. The Morgan fingerprint density at radius 1 is 0.857 bits per heavy atom. The van der Waals surface area contributed by atoms with Gasteiger partial charge in [-0.15, -0.1) is 0 Å². The Morgan fingerprint density at radius 2 is 1.52 bits per heavy atom. The van der Waals surface area contributed by atoms with Gasteiger partial charge in [0.25, 0.3) is 0 Å². The lowest BCUT2D eigenvalue weighted by Crippen LogP contribution is -2.43. The Labute approximate surface area is 247 Å². The second-order valence-corrected chi connectivity index (χ2v) is 11.2. The van der Waals surface area contributed by atoms with E-state index in [1.165, 1.54) is 31.4 Å². The molecule has 1 aliphatic rings. The minimum atomic E-state index is -0.588. The van der Waals surface area contributed by atoms with Gasteiger partial charge in [0.2, 0.25) is 0 Å². The van der Waals surface area contributed by atoms with Gasteiger partial charge in [0.15, 0.2) is 11.5 Å². The number of carbonyl (C=O) groups excluding carboxylic acids is 3. The monoisotopic (exact) mass is 586 g/mol. The third kappa shape index (κ3) is 9.73. The molecule has 0 unspecified atom stereocenters. The van der Waals surface area contributed by atoms with Crippen LogP contribution in [0.5, 0.6) is 17.2 Å². The topological polar surface area (TPSA) is 116 Å². The number of ether oxygens (including phenoxy) is 7. The summed E-state index contributed by atoms with van der Waals surface area (Å²) in [7, 11) is 1.50. The average Bonchev–Trinajstić information content (AvgIpc) is 2.97. The molecule has 2 aromatic carbocycles. The summed E-state index contributed by atoms with van der Waals surface area (Å²) in [5, 5.41) is 0. The predicted octanol–water partition coefficient (Wildman–Crippen LogP) is 5.26. The van der Waals surface area contributed by atoms with Crippen LogP contribution in [0.15, 0.2) is 42.5 Å². The normalized spacial score (nSPS) is 13.9. The van der Waals surface area contributed by atoms with Gasteiger partial charge in [-0.3, -0.25) is 4.79 Å². The Kier molecular flexibility index (Phi) is 12.2. The van der Waals surface area contributed by atoms with Crippen LogP contribution < -0.4 is 14.2 Å². The highest BCUT2D eigenvalue weighted by molar-refractivity contribution is 5.92. The van der Waals surface area contributed by atoms with Gasteiger partial charge in [-0.1, -0.05) is 13.8 Å². The Hall–Kier alpha value is -3.63. The number of carbonyl (C=O) groups is 3. The summed E-state index contributed by atoms with van der Waals surface area (Å²) in [4.78, 5) is 37.0. The van der Waals surface area contributed by atoms with Crippen LogP contribution in [0.4, 0.5) is 0 Å². The van der Waals surface area contributed by atoms with E-state index < -0.39 is 17.4 Å². The molecule has 1 saturated heterocycles. The van der Waals surface area contributed by atoms with E-state index in [9.17, 15) is 14.4 Å². The molecule has 230 valence electrons. The molecule has 0 aromatic heterocycles. The summed E-state index contributed by atoms with van der Waals surface area (Å²) in [5.41, 5.74) is 0.117. The van der Waals surface area contributed by atoms with Gasteiger partial charge in [0, 0.05) is 12.0 Å². The third-order valence-electron chi connectivity index (χ3n) is 6.98. The summed E-state index contributed by atoms with van der Waals surface area (Å²) >= 11 is 0. The van der Waals surface area contributed by atoms with Crippen LogP contribution in [0.2, 0.25) is 0 Å². The second kappa shape index (κ2) is 15.6. The molecule has 0 radical (unpaired) electrons. The summed E-state index contributed by atoms with van der Waals surface area (Å²) in [5.74, 6) is -0.303. The van der Waals surface area contributed by atoms with Gasteiger partial charge in [-0.2, -0.15) is 0 Å². The highest BCUT2D eigenvalue weighted by atomic mass is 16.6. The van der Waals surface area contributed by atoms with Gasteiger partial charge in [0.05, 0.1) is 50.1 Å². The molecule has 1 heterocycles. The number of hydrogen-bond donors (Lipinski definition) is 0. The lowest BCUT2D eigenvalue weighted by molar-refractivity contribution is -0.155. The Bertz CT molecular complexity index is 1180. The van der Waals surface area contributed by atoms with E-state index in [1.807, 2.05) is 6.92 Å². The minimum absolute atomic E-state index is 0.0258. The fraction of sp³-hybridized carbons (Fsp3) is 0.531. The zero-order chi connectivity index (χ0) is 30.6. The quantitative estimate of drug-likeness (QED) is 0.138. The number of rotatable bonds is 17. The van der Waals surface area contributed by atoms with Crippen LogP contribution in [0.3, 0.4) is 0 Å². The highest BCUT2D eigenvalue weighted by Crippen LogP contribution is 2.29. The largest absolute Gasteiger partial charge is 0.493 e. The first-order valence-corrected chi connectivity index (χ1v) is 14.2. The van der Waals surface area contributed by atoms with Crippen molar-refractivity contribution in [2.45, 2.75) is 47.0 Å². The van der Waals surface area contributed by atoms with Gasteiger partial charge >= 0.3 is 17.9 Å². The molecule has 1 aliphatic heterocycles. The SMILES string of the molecule is CCC(C)(C)C(=O)OCCOC(=O)c1ccc(OC(=O)c2ccc(OCCCCOCC3(C)COC3)c(OC)c2)cc1. The molecule has 0 amide bonds. The van der Waals surface area contributed by atoms with E-state index in [-0.39, 0.29) is 41.5 Å². The van der Waals surface area contributed by atoms with Crippen molar-refractivity contribution < 1.29 is 47.5 Å². The van der Waals surface area contributed by atoms with Crippen molar-refractivity contribution >= 4 is 17.9 Å². The van der Waals surface area contributed by atoms with Crippen molar-refractivity contribution in [2.24, 2.45) is 10.8 Å². The smallest absolute Gasteiger partial charge is 0.343 e. The van der Waals surface area contributed by atoms with Crippen molar-refractivity contribution in [3.05, 3.63) is 53.6 Å². The van der Waals surface area contributed by atoms with Crippen molar-refractivity contribution in [1.82, 2.24) is 0 Å². The first-order chi connectivity index (χ1) is 20.1. The third-order valence-corrected chi connectivity index (χ3v) is 6.98. The van der Waals surface area contributed by atoms with Crippen LogP contribution in [0, 0.1) is 10.8 Å². The molecule has 10 heteroatoms. The van der Waals surface area contributed by atoms with Crippen molar-refractivity contribution in [3.63, 3.8) is 0 Å². The molecule has 3 rings (SSSR count). The molecule has 0 N–H and O–H groups in total. The van der Waals surface area contributed by atoms with Crippen molar-refractivity contribution in [3.8, 4) is 17.2 Å². The van der Waals surface area contributed by atoms with Gasteiger partial charge in [-0.05, 0) is 75.6 Å². The van der Waals surface area contributed by atoms with Gasteiger partial charge in [0.1, 0.15) is 19.0 Å². The fourth-order valence-corrected chi connectivity index (χ4v) is 3.77. The summed E-state index contributed by atoms with van der Waals surface area (Å²) in [6.07, 6.45) is 2.32. The van der Waals surface area contributed by atoms with E-state index >= 15 is 0 Å². The summed E-state index contributed by atoms with van der Waals surface area (Å²) in [6, 6.07) is 10.8. The molecule has 1 fully saturated rings. The van der Waals surface area contributed by atoms with Gasteiger partial charge < -0.3 is 33.2 Å². The molecule has 0 spiro atoms. The van der Waals surface area contributed by atoms with Crippen LogP contribution >= 0.6 is 0 Å². The zero-order valence-corrected chi connectivity index (χ0v) is 25.2. The van der Waals surface area contributed by atoms with E-state index in [2.05, 4.69) is 6.92 Å². The molecule has 0 bridgehead atoms.